The van der Waals surface area contributed by atoms with E-state index < -0.39 is 15.9 Å². The zero-order valence-corrected chi connectivity index (χ0v) is 19.8. The number of benzene rings is 4. The van der Waals surface area contributed by atoms with Gasteiger partial charge in [0.2, 0.25) is 0 Å². The maximum absolute atomic E-state index is 12.9. The molecule has 0 atom stereocenters. The second-order valence-electron chi connectivity index (χ2n) is 7.53. The van der Waals surface area contributed by atoms with Crippen molar-refractivity contribution in [2.75, 3.05) is 23.8 Å². The minimum atomic E-state index is -3.91. The molecule has 0 unspecified atom stereocenters. The molecular formula is C27H24N2O5S. The van der Waals surface area contributed by atoms with Crippen LogP contribution in [0.2, 0.25) is 0 Å². The maximum Gasteiger partial charge on any atom is 0.262 e. The van der Waals surface area contributed by atoms with Crippen molar-refractivity contribution in [1.82, 2.24) is 0 Å². The van der Waals surface area contributed by atoms with Crippen molar-refractivity contribution in [3.63, 3.8) is 0 Å². The Balaban J connectivity index is 1.44. The first-order chi connectivity index (χ1) is 17.0. The zero-order valence-electron chi connectivity index (χ0n) is 19.0. The summed E-state index contributed by atoms with van der Waals surface area (Å²) in [6, 6.07) is 29.9. The van der Waals surface area contributed by atoms with Crippen LogP contribution in [0.15, 0.2) is 108 Å². The van der Waals surface area contributed by atoms with Crippen LogP contribution in [0.25, 0.3) is 11.1 Å². The van der Waals surface area contributed by atoms with Crippen LogP contribution in [0.5, 0.6) is 11.5 Å². The van der Waals surface area contributed by atoms with Crippen LogP contribution in [0.4, 0.5) is 11.4 Å². The minimum absolute atomic E-state index is 0.00320. The third kappa shape index (κ3) is 5.99. The van der Waals surface area contributed by atoms with Gasteiger partial charge in [0.1, 0.15) is 11.5 Å². The Labute approximate surface area is 204 Å². The van der Waals surface area contributed by atoms with Gasteiger partial charge in [0.25, 0.3) is 15.9 Å². The molecule has 4 aromatic rings. The van der Waals surface area contributed by atoms with Crippen molar-refractivity contribution >= 4 is 27.3 Å². The molecule has 7 nitrogen and oxygen atoms in total. The lowest BCUT2D eigenvalue weighted by molar-refractivity contribution is -0.118. The molecule has 0 heterocycles. The Morgan fingerprint density at radius 3 is 2.26 bits per heavy atom. The number of anilines is 2. The van der Waals surface area contributed by atoms with Crippen LogP contribution in [-0.2, 0) is 14.8 Å². The van der Waals surface area contributed by atoms with Gasteiger partial charge in [-0.05, 0) is 42.0 Å². The van der Waals surface area contributed by atoms with Gasteiger partial charge in [0.05, 0.1) is 17.7 Å². The van der Waals surface area contributed by atoms with Gasteiger partial charge in [0.15, 0.2) is 6.61 Å². The highest BCUT2D eigenvalue weighted by atomic mass is 32.2. The topological polar surface area (TPSA) is 93.7 Å². The average Bonchev–Trinajstić information content (AvgIpc) is 2.88. The van der Waals surface area contributed by atoms with E-state index in [1.807, 2.05) is 48.5 Å². The van der Waals surface area contributed by atoms with Crippen molar-refractivity contribution in [2.24, 2.45) is 0 Å². The van der Waals surface area contributed by atoms with E-state index in [1.54, 1.807) is 42.5 Å². The molecule has 1 amide bonds. The summed E-state index contributed by atoms with van der Waals surface area (Å²) in [6.07, 6.45) is 0. The molecule has 0 saturated carbocycles. The number of sulfonamides is 1. The molecule has 0 saturated heterocycles. The maximum atomic E-state index is 12.9. The third-order valence-electron chi connectivity index (χ3n) is 5.11. The van der Waals surface area contributed by atoms with Crippen LogP contribution in [0, 0.1) is 0 Å². The van der Waals surface area contributed by atoms with E-state index in [2.05, 4.69) is 10.0 Å². The molecule has 0 aromatic heterocycles. The van der Waals surface area contributed by atoms with Crippen LogP contribution < -0.4 is 19.5 Å². The number of amides is 1. The quantitative estimate of drug-likeness (QED) is 0.339. The van der Waals surface area contributed by atoms with Crippen molar-refractivity contribution in [1.29, 1.82) is 0 Å². The van der Waals surface area contributed by atoms with Gasteiger partial charge in [-0.2, -0.15) is 0 Å². The third-order valence-corrected chi connectivity index (χ3v) is 6.47. The Morgan fingerprint density at radius 2 is 1.49 bits per heavy atom. The molecule has 2 N–H and O–H groups in total. The van der Waals surface area contributed by atoms with E-state index in [4.69, 9.17) is 9.47 Å². The number of ether oxygens (including phenoxy) is 2. The minimum Gasteiger partial charge on any atom is -0.495 e. The van der Waals surface area contributed by atoms with E-state index in [-0.39, 0.29) is 11.5 Å². The average molecular weight is 489 g/mol. The Kier molecular flexibility index (Phi) is 7.32. The molecule has 4 aromatic carbocycles. The zero-order chi connectivity index (χ0) is 24.7. The molecule has 0 fully saturated rings. The summed E-state index contributed by atoms with van der Waals surface area (Å²) in [5, 5.41) is 2.69. The van der Waals surface area contributed by atoms with Gasteiger partial charge < -0.3 is 14.8 Å². The Hall–Kier alpha value is -4.30. The molecule has 4 rings (SSSR count). The molecule has 0 aliphatic rings. The van der Waals surface area contributed by atoms with Gasteiger partial charge in [-0.3, -0.25) is 9.52 Å². The smallest absolute Gasteiger partial charge is 0.262 e. The van der Waals surface area contributed by atoms with Gasteiger partial charge in [-0.15, -0.1) is 0 Å². The Morgan fingerprint density at radius 1 is 0.800 bits per heavy atom. The van der Waals surface area contributed by atoms with Gasteiger partial charge >= 0.3 is 0 Å². The Bertz CT molecular complexity index is 1420. The van der Waals surface area contributed by atoms with E-state index >= 15 is 0 Å². The van der Waals surface area contributed by atoms with Crippen molar-refractivity contribution < 1.29 is 22.7 Å². The highest BCUT2D eigenvalue weighted by molar-refractivity contribution is 7.92. The molecule has 35 heavy (non-hydrogen) atoms. The molecule has 8 heteroatoms. The highest BCUT2D eigenvalue weighted by Gasteiger charge is 2.17. The number of carbonyl (C=O) groups is 1. The van der Waals surface area contributed by atoms with Gasteiger partial charge in [-0.1, -0.05) is 66.7 Å². The first-order valence-corrected chi connectivity index (χ1v) is 12.3. The fourth-order valence-corrected chi connectivity index (χ4v) is 4.58. The van der Waals surface area contributed by atoms with E-state index in [9.17, 15) is 13.2 Å². The van der Waals surface area contributed by atoms with Crippen LogP contribution in [-0.4, -0.2) is 28.0 Å². The van der Waals surface area contributed by atoms with Crippen LogP contribution >= 0.6 is 0 Å². The lowest BCUT2D eigenvalue weighted by atomic mass is 10.1. The molecule has 178 valence electrons. The second-order valence-corrected chi connectivity index (χ2v) is 9.22. The summed E-state index contributed by atoms with van der Waals surface area (Å²) in [4.78, 5) is 12.5. The van der Waals surface area contributed by atoms with Gasteiger partial charge in [-0.25, -0.2) is 8.42 Å². The number of methoxy groups -OCH3 is 1. The summed E-state index contributed by atoms with van der Waals surface area (Å²) in [5.41, 5.74) is 2.49. The highest BCUT2D eigenvalue weighted by Crippen LogP contribution is 2.30. The predicted molar refractivity (Wildman–Crippen MR) is 136 cm³/mol. The summed E-state index contributed by atoms with van der Waals surface area (Å²) in [6.45, 7) is -0.236. The monoisotopic (exact) mass is 488 g/mol. The summed E-state index contributed by atoms with van der Waals surface area (Å²) >= 11 is 0. The SMILES string of the molecule is COc1ccccc1NS(=O)(=O)c1cccc(NC(=O)COc2ccccc2-c2ccccc2)c1. The lowest BCUT2D eigenvalue weighted by Crippen LogP contribution is -2.21. The first-order valence-electron chi connectivity index (χ1n) is 10.8. The van der Waals surface area contributed by atoms with Crippen molar-refractivity contribution in [3.8, 4) is 22.6 Å². The van der Waals surface area contributed by atoms with Crippen LogP contribution in [0.3, 0.4) is 0 Å². The number of para-hydroxylation sites is 3. The standard InChI is InChI=1S/C27H24N2O5S/c1-33-26-17-8-6-15-24(26)29-35(31,32)22-13-9-12-21(18-22)28-27(30)19-34-25-16-7-5-14-23(25)20-10-3-2-4-11-20/h2-18,29H,19H2,1H3,(H,28,30). The molecule has 0 radical (unpaired) electrons. The van der Waals surface area contributed by atoms with Gasteiger partial charge in [0, 0.05) is 11.3 Å². The number of nitrogens with one attached hydrogen (secondary N) is 2. The molecule has 0 bridgehead atoms. The largest absolute Gasteiger partial charge is 0.495 e. The molecule has 0 aliphatic heterocycles. The molecule has 0 spiro atoms. The molecular weight excluding hydrogens is 464 g/mol. The van der Waals surface area contributed by atoms with E-state index in [1.165, 1.54) is 19.2 Å². The number of rotatable bonds is 9. The fourth-order valence-electron chi connectivity index (χ4n) is 3.46. The fraction of sp³-hybridized carbons (Fsp3) is 0.0741. The molecule has 0 aliphatic carbocycles. The van der Waals surface area contributed by atoms with Crippen LogP contribution in [0.1, 0.15) is 0 Å². The lowest BCUT2D eigenvalue weighted by Gasteiger charge is -2.13. The van der Waals surface area contributed by atoms with Crippen molar-refractivity contribution in [3.05, 3.63) is 103 Å². The van der Waals surface area contributed by atoms with E-state index in [0.717, 1.165) is 11.1 Å². The normalized spacial score (nSPS) is 10.9. The van der Waals surface area contributed by atoms with Crippen molar-refractivity contribution in [2.45, 2.75) is 4.90 Å². The predicted octanol–water partition coefficient (Wildman–Crippen LogP) is 5.18. The summed E-state index contributed by atoms with van der Waals surface area (Å²) < 4.78 is 39.3. The summed E-state index contributed by atoms with van der Waals surface area (Å²) in [5.74, 6) is 0.555. The number of hydrogen-bond donors (Lipinski definition) is 2. The summed E-state index contributed by atoms with van der Waals surface area (Å²) in [7, 11) is -2.45. The first kappa shape index (κ1) is 23.8. The van der Waals surface area contributed by atoms with E-state index in [0.29, 0.717) is 22.9 Å². The second kappa shape index (κ2) is 10.8. The number of carbonyl (C=O) groups excluding carboxylic acids is 1. The number of hydrogen-bond acceptors (Lipinski definition) is 5.